The third kappa shape index (κ3) is 11.3. The lowest BCUT2D eigenvalue weighted by atomic mass is 9.98. The molecule has 0 amide bonds. The number of aliphatic hydroxyl groups excluding tert-OH is 3. The molecule has 0 bridgehead atoms. The number of carbonyl (C=O) groups excluding carboxylic acids is 1. The van der Waals surface area contributed by atoms with Crippen molar-refractivity contribution in [1.82, 2.24) is 0 Å². The molecule has 272 valence electrons. The van der Waals surface area contributed by atoms with Crippen molar-refractivity contribution in [2.45, 2.75) is 134 Å². The lowest BCUT2D eigenvalue weighted by Gasteiger charge is -2.38. The first-order valence-corrected chi connectivity index (χ1v) is 17.1. The fourth-order valence-corrected chi connectivity index (χ4v) is 6.01. The van der Waals surface area contributed by atoms with Crippen molar-refractivity contribution < 1.29 is 64.3 Å². The van der Waals surface area contributed by atoms with Crippen molar-refractivity contribution in [3.05, 3.63) is 46.5 Å². The van der Waals surface area contributed by atoms with Crippen LogP contribution in [0.15, 0.2) is 24.3 Å². The Hall–Kier alpha value is -3.91. The van der Waals surface area contributed by atoms with Crippen molar-refractivity contribution >= 4 is 17.9 Å². The molecule has 3 rings (SSSR count). The standard InChI is InChI=1S/C36H50O13/c1-3-4-5-6-7-8-9-10-11-12-13-14-15-16-22-18-24(48-36-31(41)29(39)30(40)32(49-36)34(44)45)20-26(38)28(22)35(46)47-23-17-21(2)27(33(42)43)25(37)19-23/h17-20,29-32,36-41H,3-16H2,1-2H3,(H,42,43)(H,44,45)/t29-,30-,31+,32-,36+/m0/s1. The summed E-state index contributed by atoms with van der Waals surface area (Å²) >= 11 is 0. The summed E-state index contributed by atoms with van der Waals surface area (Å²) in [6, 6.07) is 4.68. The van der Waals surface area contributed by atoms with Crippen molar-refractivity contribution in [2.24, 2.45) is 0 Å². The molecule has 0 unspecified atom stereocenters. The molecule has 0 saturated carbocycles. The van der Waals surface area contributed by atoms with Crippen LogP contribution >= 0.6 is 0 Å². The highest BCUT2D eigenvalue weighted by atomic mass is 16.7. The van der Waals surface area contributed by atoms with Crippen LogP contribution in [0.25, 0.3) is 0 Å². The third-order valence-corrected chi connectivity index (χ3v) is 8.70. The molecule has 5 atom stereocenters. The van der Waals surface area contributed by atoms with Crippen LogP contribution in [-0.4, -0.2) is 84.4 Å². The van der Waals surface area contributed by atoms with E-state index in [1.165, 1.54) is 70.4 Å². The Morgan fingerprint density at radius 3 is 1.76 bits per heavy atom. The van der Waals surface area contributed by atoms with Crippen molar-refractivity contribution in [2.75, 3.05) is 0 Å². The number of hydrogen-bond acceptors (Lipinski definition) is 11. The van der Waals surface area contributed by atoms with E-state index in [9.17, 15) is 50.1 Å². The van der Waals surface area contributed by atoms with Gasteiger partial charge in [0.15, 0.2) is 6.10 Å². The molecular formula is C36H50O13. The minimum absolute atomic E-state index is 0.116. The van der Waals surface area contributed by atoms with Crippen LogP contribution in [0.5, 0.6) is 23.0 Å². The smallest absolute Gasteiger partial charge is 0.347 e. The molecule has 1 aliphatic heterocycles. The second kappa shape index (κ2) is 19.3. The fourth-order valence-electron chi connectivity index (χ4n) is 6.01. The van der Waals surface area contributed by atoms with E-state index in [2.05, 4.69) is 6.92 Å². The molecule has 13 heteroatoms. The zero-order chi connectivity index (χ0) is 36.1. The molecule has 0 radical (unpaired) electrons. The number of carboxylic acids is 2. The maximum atomic E-state index is 13.4. The minimum Gasteiger partial charge on any atom is -0.507 e. The molecule has 0 aromatic heterocycles. The van der Waals surface area contributed by atoms with Gasteiger partial charge in [0, 0.05) is 12.1 Å². The van der Waals surface area contributed by atoms with E-state index in [4.69, 9.17) is 14.2 Å². The molecule has 0 aliphatic carbocycles. The van der Waals surface area contributed by atoms with Gasteiger partial charge >= 0.3 is 17.9 Å². The number of aromatic hydroxyl groups is 2. The number of phenolic OH excluding ortho intramolecular Hbond substituents is 1. The van der Waals surface area contributed by atoms with E-state index in [1.807, 2.05) is 0 Å². The molecule has 1 fully saturated rings. The van der Waals surface area contributed by atoms with Crippen molar-refractivity contribution in [3.63, 3.8) is 0 Å². The first kappa shape index (κ1) is 39.5. The molecule has 7 N–H and O–H groups in total. The van der Waals surface area contributed by atoms with Crippen molar-refractivity contribution in [1.29, 1.82) is 0 Å². The number of rotatable bonds is 20. The van der Waals surface area contributed by atoms with Crippen LogP contribution in [0.3, 0.4) is 0 Å². The van der Waals surface area contributed by atoms with E-state index in [0.717, 1.165) is 37.8 Å². The number of aliphatic carboxylic acids is 1. The molecule has 0 spiro atoms. The predicted molar refractivity (Wildman–Crippen MR) is 177 cm³/mol. The first-order chi connectivity index (χ1) is 23.3. The average Bonchev–Trinajstić information content (AvgIpc) is 3.02. The van der Waals surface area contributed by atoms with Gasteiger partial charge in [-0.3, -0.25) is 0 Å². The molecule has 2 aromatic rings. The number of aryl methyl sites for hydroxylation is 2. The van der Waals surface area contributed by atoms with Crippen LogP contribution in [0.4, 0.5) is 0 Å². The van der Waals surface area contributed by atoms with E-state index < -0.39 is 60.1 Å². The zero-order valence-electron chi connectivity index (χ0n) is 28.2. The first-order valence-electron chi connectivity index (χ1n) is 17.1. The Labute approximate surface area is 286 Å². The Morgan fingerprint density at radius 2 is 1.22 bits per heavy atom. The number of carbonyl (C=O) groups is 3. The summed E-state index contributed by atoms with van der Waals surface area (Å²) in [7, 11) is 0. The number of phenols is 2. The normalized spacial score (nSPS) is 20.6. The van der Waals surface area contributed by atoms with E-state index >= 15 is 0 Å². The number of ether oxygens (including phenoxy) is 3. The Morgan fingerprint density at radius 1 is 0.694 bits per heavy atom. The van der Waals surface area contributed by atoms with Crippen LogP contribution < -0.4 is 9.47 Å². The highest BCUT2D eigenvalue weighted by Crippen LogP contribution is 2.34. The lowest BCUT2D eigenvalue weighted by Crippen LogP contribution is -2.61. The lowest BCUT2D eigenvalue weighted by molar-refractivity contribution is -0.271. The van der Waals surface area contributed by atoms with Gasteiger partial charge in [0.1, 0.15) is 52.4 Å². The third-order valence-electron chi connectivity index (χ3n) is 8.70. The van der Waals surface area contributed by atoms with Gasteiger partial charge in [-0.25, -0.2) is 14.4 Å². The molecule has 1 saturated heterocycles. The van der Waals surface area contributed by atoms with Gasteiger partial charge in [-0.15, -0.1) is 0 Å². The van der Waals surface area contributed by atoms with Crippen molar-refractivity contribution in [3.8, 4) is 23.0 Å². The van der Waals surface area contributed by atoms with Crippen LogP contribution in [0.2, 0.25) is 0 Å². The minimum atomic E-state index is -1.92. The molecule has 49 heavy (non-hydrogen) atoms. The molecule has 1 heterocycles. The summed E-state index contributed by atoms with van der Waals surface area (Å²) < 4.78 is 16.2. The highest BCUT2D eigenvalue weighted by Gasteiger charge is 2.48. The highest BCUT2D eigenvalue weighted by molar-refractivity contribution is 5.96. The maximum Gasteiger partial charge on any atom is 0.347 e. The summed E-state index contributed by atoms with van der Waals surface area (Å²) in [5.41, 5.74) is -0.114. The summed E-state index contributed by atoms with van der Waals surface area (Å²) in [6.45, 7) is 3.64. The number of carboxylic acid groups (broad SMARTS) is 2. The summed E-state index contributed by atoms with van der Waals surface area (Å²) in [5, 5.41) is 70.4. The monoisotopic (exact) mass is 690 g/mol. The molecule has 2 aromatic carbocycles. The summed E-state index contributed by atoms with van der Waals surface area (Å²) in [6.07, 6.45) is 5.70. The van der Waals surface area contributed by atoms with Gasteiger partial charge in [0.2, 0.25) is 6.29 Å². The topological polar surface area (TPSA) is 221 Å². The van der Waals surface area contributed by atoms with Crippen LogP contribution in [-0.2, 0) is 16.0 Å². The fraction of sp³-hybridized carbons (Fsp3) is 0.583. The Balaban J connectivity index is 1.72. The van der Waals surface area contributed by atoms with Gasteiger partial charge in [0.25, 0.3) is 0 Å². The number of aliphatic hydroxyl groups is 3. The quantitative estimate of drug-likeness (QED) is 0.0538. The number of aromatic carboxylic acids is 1. The maximum absolute atomic E-state index is 13.4. The average molecular weight is 691 g/mol. The Kier molecular flexibility index (Phi) is 15.6. The molecule has 1 aliphatic rings. The van der Waals surface area contributed by atoms with Gasteiger partial charge in [0.05, 0.1) is 0 Å². The van der Waals surface area contributed by atoms with Gasteiger partial charge in [-0.05, 0) is 43.0 Å². The molecule has 13 nitrogen and oxygen atoms in total. The SMILES string of the molecule is CCCCCCCCCCCCCCCc1cc(O[C@@H]2O[C@H](C(=O)O)[C@@H](O)[C@H](O)[C@H]2O)cc(O)c1C(=O)Oc1cc(C)c(C(=O)O)c(O)c1. The predicted octanol–water partition coefficient (Wildman–Crippen LogP) is 5.23. The number of unbranched alkanes of at least 4 members (excludes halogenated alkanes) is 12. The summed E-state index contributed by atoms with van der Waals surface area (Å²) in [4.78, 5) is 36.3. The van der Waals surface area contributed by atoms with Gasteiger partial charge in [-0.2, -0.15) is 0 Å². The van der Waals surface area contributed by atoms with Gasteiger partial charge < -0.3 is 50.0 Å². The molecular weight excluding hydrogens is 640 g/mol. The van der Waals surface area contributed by atoms with E-state index in [-0.39, 0.29) is 28.2 Å². The van der Waals surface area contributed by atoms with Crippen LogP contribution in [0.1, 0.15) is 122 Å². The van der Waals surface area contributed by atoms with E-state index in [1.54, 1.807) is 0 Å². The van der Waals surface area contributed by atoms with E-state index in [0.29, 0.717) is 18.4 Å². The number of hydrogen-bond donors (Lipinski definition) is 7. The zero-order valence-corrected chi connectivity index (χ0v) is 28.2. The Bertz CT molecular complexity index is 1380. The second-order valence-corrected chi connectivity index (χ2v) is 12.7. The largest absolute Gasteiger partial charge is 0.507 e. The number of benzene rings is 2. The van der Waals surface area contributed by atoms with Gasteiger partial charge in [-0.1, -0.05) is 84.0 Å². The summed E-state index contributed by atoms with van der Waals surface area (Å²) in [5.74, 6) is -5.38. The van der Waals surface area contributed by atoms with Crippen LogP contribution in [0, 0.1) is 6.92 Å². The second-order valence-electron chi connectivity index (χ2n) is 12.7. The number of esters is 1.